The average Bonchev–Trinajstić information content (AvgIpc) is 2.68. The van der Waals surface area contributed by atoms with Crippen molar-refractivity contribution in [2.75, 3.05) is 11.9 Å². The molecule has 18 heavy (non-hydrogen) atoms. The van der Waals surface area contributed by atoms with Crippen LogP contribution in [0.2, 0.25) is 0 Å². The number of carbonyl (C=O) groups is 1. The minimum atomic E-state index is -0.984. The van der Waals surface area contributed by atoms with E-state index in [1.165, 1.54) is 0 Å². The Morgan fingerprint density at radius 3 is 2.83 bits per heavy atom. The molecule has 1 aliphatic heterocycles. The highest BCUT2D eigenvalue weighted by Crippen LogP contribution is 2.39. The number of carboxylic acid groups (broad SMARTS) is 1. The molecule has 5 N–H and O–H groups in total. The Labute approximate surface area is 106 Å². The van der Waals surface area contributed by atoms with Crippen LogP contribution in [0, 0.1) is 0 Å². The zero-order chi connectivity index (χ0) is 13.1. The van der Waals surface area contributed by atoms with Crippen molar-refractivity contribution in [2.24, 2.45) is 5.73 Å². The molecule has 1 aromatic rings. The summed E-state index contributed by atoms with van der Waals surface area (Å²) in [5.74, 6) is -0.943. The van der Waals surface area contributed by atoms with Crippen molar-refractivity contribution in [3.05, 3.63) is 29.8 Å². The number of nitrogens with one attached hydrogen (secondary N) is 1. The van der Waals surface area contributed by atoms with E-state index in [-0.39, 0.29) is 18.6 Å². The maximum atomic E-state index is 10.9. The Hall–Kier alpha value is -1.59. The van der Waals surface area contributed by atoms with Crippen LogP contribution in [0.3, 0.4) is 0 Å². The van der Waals surface area contributed by atoms with Gasteiger partial charge in [-0.3, -0.25) is 4.79 Å². The highest BCUT2D eigenvalue weighted by molar-refractivity contribution is 5.73. The third-order valence-corrected chi connectivity index (χ3v) is 3.45. The van der Waals surface area contributed by atoms with Crippen molar-refractivity contribution in [2.45, 2.75) is 30.8 Å². The summed E-state index contributed by atoms with van der Waals surface area (Å²) in [6, 6.07) is 7.00. The first-order valence-electron chi connectivity index (χ1n) is 6.08. The number of aliphatic hydroxyl groups excluding tert-OH is 1. The predicted molar refractivity (Wildman–Crippen MR) is 68.5 cm³/mol. The number of aliphatic hydroxyl groups is 1. The number of nitrogens with two attached hydrogens (primary N) is 1. The summed E-state index contributed by atoms with van der Waals surface area (Å²) in [7, 11) is 0. The van der Waals surface area contributed by atoms with Crippen LogP contribution >= 0.6 is 0 Å². The molecular formula is C13H18N2O3. The van der Waals surface area contributed by atoms with Crippen LogP contribution in [-0.4, -0.2) is 34.9 Å². The number of aliphatic carboxylic acids is 1. The van der Waals surface area contributed by atoms with E-state index in [9.17, 15) is 4.79 Å². The molecule has 0 radical (unpaired) electrons. The molecule has 0 fully saturated rings. The lowest BCUT2D eigenvalue weighted by atomic mass is 9.87. The minimum Gasteiger partial charge on any atom is -0.480 e. The largest absolute Gasteiger partial charge is 0.480 e. The summed E-state index contributed by atoms with van der Waals surface area (Å²) in [6.45, 7) is 0.0739. The lowest BCUT2D eigenvalue weighted by molar-refractivity contribution is -0.138. The van der Waals surface area contributed by atoms with E-state index in [1.807, 2.05) is 24.3 Å². The molecule has 3 atom stereocenters. The monoisotopic (exact) mass is 250 g/mol. The first kappa shape index (κ1) is 12.9. The number of carboxylic acids is 1. The van der Waals surface area contributed by atoms with Gasteiger partial charge in [0, 0.05) is 24.3 Å². The molecule has 0 aliphatic carbocycles. The molecule has 5 nitrogen and oxygen atoms in total. The minimum absolute atomic E-state index is 0.0412. The van der Waals surface area contributed by atoms with Gasteiger partial charge in [0.15, 0.2) is 0 Å². The fourth-order valence-corrected chi connectivity index (χ4v) is 2.55. The van der Waals surface area contributed by atoms with Gasteiger partial charge < -0.3 is 21.3 Å². The van der Waals surface area contributed by atoms with Crippen LogP contribution in [0.15, 0.2) is 24.3 Å². The molecule has 0 spiro atoms. The second-order valence-electron chi connectivity index (χ2n) is 4.64. The zero-order valence-corrected chi connectivity index (χ0v) is 10.0. The maximum absolute atomic E-state index is 10.9. The lowest BCUT2D eigenvalue weighted by Crippen LogP contribution is -2.35. The van der Waals surface area contributed by atoms with E-state index in [4.69, 9.17) is 15.9 Å². The van der Waals surface area contributed by atoms with Crippen molar-refractivity contribution < 1.29 is 15.0 Å². The standard InChI is InChI=1S/C13H18N2O3/c14-10(13(17)18)7-9-8-3-1-2-4-11(8)15-12(9)5-6-16/h1-4,9-10,12,15-16H,5-7,14H2,(H,17,18)/t9-,10?,12+/m0/s1. The molecule has 1 aromatic carbocycles. The molecule has 5 heteroatoms. The fourth-order valence-electron chi connectivity index (χ4n) is 2.55. The van der Waals surface area contributed by atoms with E-state index in [0.29, 0.717) is 12.8 Å². The van der Waals surface area contributed by atoms with Gasteiger partial charge in [-0.05, 0) is 24.5 Å². The molecule has 1 aliphatic rings. The van der Waals surface area contributed by atoms with E-state index >= 15 is 0 Å². The molecule has 1 unspecified atom stereocenters. The van der Waals surface area contributed by atoms with Crippen LogP contribution in [-0.2, 0) is 4.79 Å². The van der Waals surface area contributed by atoms with Gasteiger partial charge in [-0.1, -0.05) is 18.2 Å². The van der Waals surface area contributed by atoms with Gasteiger partial charge in [0.05, 0.1) is 0 Å². The quantitative estimate of drug-likeness (QED) is 0.618. The van der Waals surface area contributed by atoms with E-state index in [2.05, 4.69) is 5.32 Å². The number of para-hydroxylation sites is 1. The van der Waals surface area contributed by atoms with Gasteiger partial charge in [-0.25, -0.2) is 0 Å². The molecule has 0 saturated carbocycles. The smallest absolute Gasteiger partial charge is 0.320 e. The molecule has 1 heterocycles. The average molecular weight is 250 g/mol. The van der Waals surface area contributed by atoms with Crippen molar-refractivity contribution in [3.8, 4) is 0 Å². The lowest BCUT2D eigenvalue weighted by Gasteiger charge is -2.21. The van der Waals surface area contributed by atoms with Gasteiger partial charge in [0.25, 0.3) is 0 Å². The summed E-state index contributed by atoms with van der Waals surface area (Å²) < 4.78 is 0. The fraction of sp³-hybridized carbons (Fsp3) is 0.462. The Bertz CT molecular complexity index is 436. The molecule has 0 saturated heterocycles. The van der Waals surface area contributed by atoms with Crippen molar-refractivity contribution in [3.63, 3.8) is 0 Å². The summed E-state index contributed by atoms with van der Waals surface area (Å²) in [4.78, 5) is 10.9. The molecule has 0 bridgehead atoms. The second-order valence-corrected chi connectivity index (χ2v) is 4.64. The number of hydrogen-bond acceptors (Lipinski definition) is 4. The number of benzene rings is 1. The number of anilines is 1. The van der Waals surface area contributed by atoms with Gasteiger partial charge in [0.2, 0.25) is 0 Å². The Morgan fingerprint density at radius 2 is 2.17 bits per heavy atom. The van der Waals surface area contributed by atoms with Crippen LogP contribution in [0.1, 0.15) is 24.3 Å². The summed E-state index contributed by atoms with van der Waals surface area (Å²) in [5.41, 5.74) is 7.72. The SMILES string of the molecule is NC(C[C@H]1c2ccccc2N[C@@H]1CCO)C(=O)O. The highest BCUT2D eigenvalue weighted by Gasteiger charge is 2.33. The van der Waals surface area contributed by atoms with Crippen LogP contribution in [0.4, 0.5) is 5.69 Å². The normalized spacial score (nSPS) is 23.2. The third-order valence-electron chi connectivity index (χ3n) is 3.45. The topological polar surface area (TPSA) is 95.6 Å². The van der Waals surface area contributed by atoms with Gasteiger partial charge in [-0.2, -0.15) is 0 Å². The van der Waals surface area contributed by atoms with E-state index in [0.717, 1.165) is 11.3 Å². The Morgan fingerprint density at radius 1 is 1.44 bits per heavy atom. The van der Waals surface area contributed by atoms with Crippen molar-refractivity contribution in [1.29, 1.82) is 0 Å². The first-order valence-corrected chi connectivity index (χ1v) is 6.08. The third kappa shape index (κ3) is 2.47. The Kier molecular flexibility index (Phi) is 3.84. The van der Waals surface area contributed by atoms with Crippen LogP contribution in [0.25, 0.3) is 0 Å². The summed E-state index contributed by atoms with van der Waals surface area (Å²) >= 11 is 0. The van der Waals surface area contributed by atoms with Crippen LogP contribution < -0.4 is 11.1 Å². The summed E-state index contributed by atoms with van der Waals surface area (Å²) in [5, 5.41) is 21.3. The van der Waals surface area contributed by atoms with Gasteiger partial charge in [-0.15, -0.1) is 0 Å². The van der Waals surface area contributed by atoms with Gasteiger partial charge in [0.1, 0.15) is 6.04 Å². The van der Waals surface area contributed by atoms with E-state index in [1.54, 1.807) is 0 Å². The number of fused-ring (bicyclic) bond motifs is 1. The predicted octanol–water partition coefficient (Wildman–Crippen LogP) is 0.749. The molecule has 0 amide bonds. The first-order chi connectivity index (χ1) is 8.63. The molecule has 98 valence electrons. The van der Waals surface area contributed by atoms with Gasteiger partial charge >= 0.3 is 5.97 Å². The molecule has 2 rings (SSSR count). The molecule has 0 aromatic heterocycles. The van der Waals surface area contributed by atoms with Crippen molar-refractivity contribution >= 4 is 11.7 Å². The zero-order valence-electron chi connectivity index (χ0n) is 10.0. The number of hydrogen-bond donors (Lipinski definition) is 4. The molecular weight excluding hydrogens is 232 g/mol. The van der Waals surface area contributed by atoms with Crippen molar-refractivity contribution in [1.82, 2.24) is 0 Å². The van der Waals surface area contributed by atoms with Crippen LogP contribution in [0.5, 0.6) is 0 Å². The number of rotatable bonds is 5. The Balaban J connectivity index is 2.20. The maximum Gasteiger partial charge on any atom is 0.320 e. The van der Waals surface area contributed by atoms with E-state index < -0.39 is 12.0 Å². The highest BCUT2D eigenvalue weighted by atomic mass is 16.4. The second kappa shape index (κ2) is 5.37. The summed E-state index contributed by atoms with van der Waals surface area (Å²) in [6.07, 6.45) is 0.968.